The SMILES string of the molecule is C[C@@H](N[C@H]1CCC[C@H](c2ccc(C(=O)N[C@H](CO)C(=O)O)cc2)C1)c1cccc2ccccc12. The third-order valence-electron chi connectivity index (χ3n) is 6.88. The van der Waals surface area contributed by atoms with E-state index in [9.17, 15) is 9.59 Å². The van der Waals surface area contributed by atoms with E-state index < -0.39 is 24.5 Å². The molecule has 0 spiro atoms. The molecular formula is C28H32N2O4. The number of benzene rings is 3. The van der Waals surface area contributed by atoms with Crippen LogP contribution >= 0.6 is 0 Å². The molecule has 1 amide bonds. The number of fused-ring (bicyclic) bond motifs is 1. The van der Waals surface area contributed by atoms with Crippen molar-refractivity contribution in [2.24, 2.45) is 0 Å². The number of hydrogen-bond acceptors (Lipinski definition) is 4. The Bertz CT molecular complexity index is 1140. The largest absolute Gasteiger partial charge is 0.480 e. The fourth-order valence-corrected chi connectivity index (χ4v) is 5.05. The molecule has 6 heteroatoms. The highest BCUT2D eigenvalue weighted by Crippen LogP contribution is 2.34. The molecule has 0 aliphatic heterocycles. The van der Waals surface area contributed by atoms with Crippen molar-refractivity contribution in [3.63, 3.8) is 0 Å². The number of carbonyl (C=O) groups excluding carboxylic acids is 1. The van der Waals surface area contributed by atoms with Gasteiger partial charge >= 0.3 is 5.97 Å². The zero-order valence-corrected chi connectivity index (χ0v) is 19.4. The Morgan fingerprint density at radius 2 is 1.74 bits per heavy atom. The molecule has 0 radical (unpaired) electrons. The van der Waals surface area contributed by atoms with Crippen LogP contribution in [0.15, 0.2) is 66.7 Å². The van der Waals surface area contributed by atoms with Gasteiger partial charge in [0.15, 0.2) is 6.04 Å². The van der Waals surface area contributed by atoms with Gasteiger partial charge in [-0.1, -0.05) is 61.0 Å². The molecule has 4 N–H and O–H groups in total. The Hall–Kier alpha value is -3.22. The van der Waals surface area contributed by atoms with E-state index in [2.05, 4.69) is 60.0 Å². The molecule has 1 saturated carbocycles. The zero-order valence-electron chi connectivity index (χ0n) is 19.4. The van der Waals surface area contributed by atoms with Gasteiger partial charge in [0.1, 0.15) is 0 Å². The molecule has 0 heterocycles. The lowest BCUT2D eigenvalue weighted by Crippen LogP contribution is -2.43. The van der Waals surface area contributed by atoms with Crippen LogP contribution in [0.1, 0.15) is 66.1 Å². The summed E-state index contributed by atoms with van der Waals surface area (Å²) in [5, 5.41) is 26.9. The molecule has 6 nitrogen and oxygen atoms in total. The van der Waals surface area contributed by atoms with E-state index in [1.54, 1.807) is 12.1 Å². The molecule has 4 rings (SSSR count). The van der Waals surface area contributed by atoms with Crippen molar-refractivity contribution in [2.45, 2.75) is 56.7 Å². The Morgan fingerprint density at radius 3 is 2.47 bits per heavy atom. The van der Waals surface area contributed by atoms with Gasteiger partial charge in [-0.2, -0.15) is 0 Å². The molecule has 0 aromatic heterocycles. The van der Waals surface area contributed by atoms with Crippen LogP contribution in [-0.2, 0) is 4.79 Å². The van der Waals surface area contributed by atoms with Crippen molar-refractivity contribution in [2.75, 3.05) is 6.61 Å². The van der Waals surface area contributed by atoms with Crippen molar-refractivity contribution in [3.8, 4) is 0 Å². The smallest absolute Gasteiger partial charge is 0.328 e. The van der Waals surface area contributed by atoms with Gasteiger partial charge in [0.05, 0.1) is 6.61 Å². The molecule has 0 bridgehead atoms. The van der Waals surface area contributed by atoms with Gasteiger partial charge in [-0.3, -0.25) is 4.79 Å². The number of carbonyl (C=O) groups is 2. The predicted octanol–water partition coefficient (Wildman–Crippen LogP) is 4.39. The van der Waals surface area contributed by atoms with E-state index in [1.807, 2.05) is 12.1 Å². The standard InChI is InChI=1S/C28H32N2O4/c1-18(24-11-5-7-20-6-2-3-10-25(20)24)29-23-9-4-8-22(16-23)19-12-14-21(15-13-19)27(32)30-26(17-31)28(33)34/h2-3,5-7,10-15,18,22-23,26,29,31H,4,8-9,16-17H2,1H3,(H,30,32)(H,33,34)/t18-,22+,23+,26-/m1/s1. The van der Waals surface area contributed by atoms with Gasteiger partial charge in [0.2, 0.25) is 0 Å². The van der Waals surface area contributed by atoms with Crippen molar-refractivity contribution >= 4 is 22.6 Å². The number of carboxylic acid groups (broad SMARTS) is 1. The highest BCUT2D eigenvalue weighted by molar-refractivity contribution is 5.96. The van der Waals surface area contributed by atoms with E-state index in [0.29, 0.717) is 17.5 Å². The van der Waals surface area contributed by atoms with Gasteiger partial charge in [0.25, 0.3) is 5.91 Å². The molecular weight excluding hydrogens is 428 g/mol. The topological polar surface area (TPSA) is 98.7 Å². The Kier molecular flexibility index (Phi) is 7.60. The summed E-state index contributed by atoms with van der Waals surface area (Å²) in [4.78, 5) is 23.4. The van der Waals surface area contributed by atoms with Crippen LogP contribution in [0.3, 0.4) is 0 Å². The quantitative estimate of drug-likeness (QED) is 0.400. The lowest BCUT2D eigenvalue weighted by molar-refractivity contribution is -0.140. The summed E-state index contributed by atoms with van der Waals surface area (Å²) in [6, 6.07) is 21.7. The number of hydrogen-bond donors (Lipinski definition) is 4. The van der Waals surface area contributed by atoms with Gasteiger partial charge in [-0.15, -0.1) is 0 Å². The molecule has 1 aliphatic rings. The third-order valence-corrected chi connectivity index (χ3v) is 6.88. The molecule has 3 aromatic carbocycles. The van der Waals surface area contributed by atoms with E-state index >= 15 is 0 Å². The molecule has 0 unspecified atom stereocenters. The van der Waals surface area contributed by atoms with Gasteiger partial charge in [-0.05, 0) is 66.1 Å². The second-order valence-electron chi connectivity index (χ2n) is 9.19. The number of nitrogens with one attached hydrogen (secondary N) is 2. The number of rotatable bonds is 8. The average molecular weight is 461 g/mol. The normalized spacial score (nSPS) is 19.9. The number of carboxylic acids is 1. The molecule has 1 fully saturated rings. The summed E-state index contributed by atoms with van der Waals surface area (Å²) in [7, 11) is 0. The number of aliphatic carboxylic acids is 1. The molecule has 178 valence electrons. The average Bonchev–Trinajstić information content (AvgIpc) is 2.86. The van der Waals surface area contributed by atoms with Crippen LogP contribution in [0.25, 0.3) is 10.8 Å². The minimum Gasteiger partial charge on any atom is -0.480 e. The minimum atomic E-state index is -1.30. The van der Waals surface area contributed by atoms with E-state index in [4.69, 9.17) is 10.2 Å². The van der Waals surface area contributed by atoms with Gasteiger partial charge in [0, 0.05) is 17.6 Å². The second-order valence-corrected chi connectivity index (χ2v) is 9.19. The maximum absolute atomic E-state index is 12.3. The molecule has 4 atom stereocenters. The predicted molar refractivity (Wildman–Crippen MR) is 133 cm³/mol. The van der Waals surface area contributed by atoms with E-state index in [0.717, 1.165) is 25.7 Å². The Labute approximate surface area is 200 Å². The first-order chi connectivity index (χ1) is 16.5. The number of amides is 1. The van der Waals surface area contributed by atoms with Crippen molar-refractivity contribution in [1.29, 1.82) is 0 Å². The van der Waals surface area contributed by atoms with Crippen LogP contribution in [-0.4, -0.2) is 40.8 Å². The maximum Gasteiger partial charge on any atom is 0.328 e. The third kappa shape index (κ3) is 5.46. The fourth-order valence-electron chi connectivity index (χ4n) is 5.05. The van der Waals surface area contributed by atoms with Gasteiger partial charge < -0.3 is 20.8 Å². The highest BCUT2D eigenvalue weighted by atomic mass is 16.4. The summed E-state index contributed by atoms with van der Waals surface area (Å²) in [5.41, 5.74) is 2.90. The summed E-state index contributed by atoms with van der Waals surface area (Å²) in [5.74, 6) is -1.35. The minimum absolute atomic E-state index is 0.245. The van der Waals surface area contributed by atoms with Crippen molar-refractivity contribution in [1.82, 2.24) is 10.6 Å². The monoisotopic (exact) mass is 460 g/mol. The zero-order chi connectivity index (χ0) is 24.1. The lowest BCUT2D eigenvalue weighted by atomic mass is 9.80. The van der Waals surface area contributed by atoms with E-state index in [-0.39, 0.29) is 6.04 Å². The van der Waals surface area contributed by atoms with Crippen LogP contribution < -0.4 is 10.6 Å². The highest BCUT2D eigenvalue weighted by Gasteiger charge is 2.25. The summed E-state index contributed by atoms with van der Waals surface area (Å²) >= 11 is 0. The molecule has 1 aliphatic carbocycles. The number of aliphatic hydroxyl groups excluding tert-OH is 1. The Balaban J connectivity index is 1.40. The Morgan fingerprint density at radius 1 is 1.00 bits per heavy atom. The summed E-state index contributed by atoms with van der Waals surface area (Å²) in [6.07, 6.45) is 4.43. The summed E-state index contributed by atoms with van der Waals surface area (Å²) in [6.45, 7) is 1.59. The molecule has 0 saturated heterocycles. The lowest BCUT2D eigenvalue weighted by Gasteiger charge is -2.32. The van der Waals surface area contributed by atoms with Crippen molar-refractivity contribution < 1.29 is 19.8 Å². The number of aliphatic hydroxyl groups is 1. The van der Waals surface area contributed by atoms with Crippen LogP contribution in [0.4, 0.5) is 0 Å². The van der Waals surface area contributed by atoms with Crippen LogP contribution in [0, 0.1) is 0 Å². The summed E-state index contributed by atoms with van der Waals surface area (Å²) < 4.78 is 0. The van der Waals surface area contributed by atoms with Crippen LogP contribution in [0.2, 0.25) is 0 Å². The van der Waals surface area contributed by atoms with E-state index in [1.165, 1.54) is 21.9 Å². The van der Waals surface area contributed by atoms with Gasteiger partial charge in [-0.25, -0.2) is 4.79 Å². The fraction of sp³-hybridized carbons (Fsp3) is 0.357. The van der Waals surface area contributed by atoms with Crippen molar-refractivity contribution in [3.05, 3.63) is 83.4 Å². The maximum atomic E-state index is 12.3. The van der Waals surface area contributed by atoms with Crippen LogP contribution in [0.5, 0.6) is 0 Å². The first-order valence-corrected chi connectivity index (χ1v) is 11.9. The second kappa shape index (κ2) is 10.8. The first-order valence-electron chi connectivity index (χ1n) is 11.9. The molecule has 3 aromatic rings. The first kappa shape index (κ1) is 23.9. The molecule has 34 heavy (non-hydrogen) atoms.